The van der Waals surface area contributed by atoms with Gasteiger partial charge in [-0.25, -0.2) is 4.39 Å². The second kappa shape index (κ2) is 5.93. The summed E-state index contributed by atoms with van der Waals surface area (Å²) in [5.41, 5.74) is 0.685. The van der Waals surface area contributed by atoms with Crippen LogP contribution >= 0.6 is 15.9 Å². The fraction of sp³-hybridized carbons (Fsp3) is 0.357. The van der Waals surface area contributed by atoms with Crippen molar-refractivity contribution in [1.82, 2.24) is 10.3 Å². The van der Waals surface area contributed by atoms with Gasteiger partial charge in [-0.1, -0.05) is 15.9 Å². The van der Waals surface area contributed by atoms with E-state index in [1.54, 1.807) is 6.07 Å². The third-order valence-electron chi connectivity index (χ3n) is 2.42. The van der Waals surface area contributed by atoms with Gasteiger partial charge in [-0.15, -0.1) is 0 Å². The lowest BCUT2D eigenvalue weighted by molar-refractivity contribution is 0.318. The zero-order valence-corrected chi connectivity index (χ0v) is 13.1. The highest BCUT2D eigenvalue weighted by molar-refractivity contribution is 9.10. The van der Waals surface area contributed by atoms with Gasteiger partial charge < -0.3 is 14.5 Å². The minimum absolute atomic E-state index is 0.0161. The van der Waals surface area contributed by atoms with E-state index in [-0.39, 0.29) is 17.4 Å². The first-order chi connectivity index (χ1) is 9.33. The summed E-state index contributed by atoms with van der Waals surface area (Å²) in [6.45, 7) is 6.73. The van der Waals surface area contributed by atoms with Crippen molar-refractivity contribution in [2.45, 2.75) is 32.9 Å². The minimum Gasteiger partial charge on any atom is -0.417 e. The molecule has 6 heteroatoms. The zero-order chi connectivity index (χ0) is 14.8. The van der Waals surface area contributed by atoms with E-state index in [1.165, 1.54) is 18.4 Å². The normalized spacial score (nSPS) is 11.7. The second-order valence-electron chi connectivity index (χ2n) is 5.39. The van der Waals surface area contributed by atoms with Crippen LogP contribution in [-0.4, -0.2) is 10.5 Å². The Morgan fingerprint density at radius 2 is 2.15 bits per heavy atom. The van der Waals surface area contributed by atoms with Crippen LogP contribution in [0.15, 0.2) is 33.4 Å². The molecule has 2 aromatic rings. The smallest absolute Gasteiger partial charge is 0.399 e. The number of nitrogens with one attached hydrogen (secondary N) is 1. The van der Waals surface area contributed by atoms with Crippen LogP contribution in [0.4, 0.5) is 4.39 Å². The Labute approximate surface area is 125 Å². The van der Waals surface area contributed by atoms with Gasteiger partial charge in [0.05, 0.1) is 5.69 Å². The molecule has 0 atom stereocenters. The first-order valence-corrected chi connectivity index (χ1v) is 6.95. The van der Waals surface area contributed by atoms with Crippen molar-refractivity contribution in [1.29, 1.82) is 0 Å². The van der Waals surface area contributed by atoms with E-state index in [0.29, 0.717) is 16.7 Å². The lowest BCUT2D eigenvalue weighted by atomic mass is 10.1. The molecule has 0 unspecified atom stereocenters. The highest BCUT2D eigenvalue weighted by Gasteiger charge is 2.13. The Kier molecular flexibility index (Phi) is 4.45. The van der Waals surface area contributed by atoms with Gasteiger partial charge in [0.15, 0.2) is 11.6 Å². The van der Waals surface area contributed by atoms with E-state index >= 15 is 0 Å². The molecule has 0 fully saturated rings. The first-order valence-electron chi connectivity index (χ1n) is 6.16. The van der Waals surface area contributed by atoms with Crippen molar-refractivity contribution < 1.29 is 13.5 Å². The Hall–Kier alpha value is -1.40. The number of nitrogens with zero attached hydrogens (tertiary/aromatic N) is 1. The van der Waals surface area contributed by atoms with E-state index in [9.17, 15) is 4.39 Å². The largest absolute Gasteiger partial charge is 0.417 e. The van der Waals surface area contributed by atoms with Crippen molar-refractivity contribution in [3.05, 3.63) is 40.4 Å². The van der Waals surface area contributed by atoms with Crippen molar-refractivity contribution in [3.63, 3.8) is 0 Å². The summed E-state index contributed by atoms with van der Waals surface area (Å²) < 4.78 is 24.7. The van der Waals surface area contributed by atoms with E-state index < -0.39 is 5.82 Å². The van der Waals surface area contributed by atoms with Crippen molar-refractivity contribution in [2.24, 2.45) is 0 Å². The highest BCUT2D eigenvalue weighted by atomic mass is 79.9. The van der Waals surface area contributed by atoms with Crippen LogP contribution in [0, 0.1) is 5.82 Å². The lowest BCUT2D eigenvalue weighted by Gasteiger charge is -2.19. The van der Waals surface area contributed by atoms with Crippen LogP contribution in [0.5, 0.6) is 11.8 Å². The number of rotatable bonds is 4. The van der Waals surface area contributed by atoms with Gasteiger partial charge >= 0.3 is 6.08 Å². The predicted octanol–water partition coefficient (Wildman–Crippen LogP) is 4.26. The van der Waals surface area contributed by atoms with Gasteiger partial charge in [-0.05, 0) is 39.0 Å². The van der Waals surface area contributed by atoms with Crippen LogP contribution < -0.4 is 10.1 Å². The summed E-state index contributed by atoms with van der Waals surface area (Å²) in [7, 11) is 0. The SMILES string of the molecule is CC(C)(C)NCc1coc(Oc2ccc(Br)cc2F)n1. The van der Waals surface area contributed by atoms with Crippen LogP contribution in [0.2, 0.25) is 0 Å². The van der Waals surface area contributed by atoms with Gasteiger partial charge in [0.1, 0.15) is 6.26 Å². The number of halogens is 2. The minimum atomic E-state index is -0.480. The molecule has 4 nitrogen and oxygen atoms in total. The lowest BCUT2D eigenvalue weighted by Crippen LogP contribution is -2.35. The Balaban J connectivity index is 2.02. The van der Waals surface area contributed by atoms with Crippen LogP contribution in [0.1, 0.15) is 26.5 Å². The molecule has 0 saturated carbocycles. The fourth-order valence-corrected chi connectivity index (χ4v) is 1.76. The first kappa shape index (κ1) is 15.0. The molecule has 1 aromatic heterocycles. The molecule has 0 radical (unpaired) electrons. The molecule has 2 rings (SSSR count). The molecule has 1 N–H and O–H groups in total. The van der Waals surface area contributed by atoms with Gasteiger partial charge in [0.25, 0.3) is 0 Å². The van der Waals surface area contributed by atoms with E-state index in [2.05, 4.69) is 47.0 Å². The quantitative estimate of drug-likeness (QED) is 0.901. The van der Waals surface area contributed by atoms with E-state index in [0.717, 1.165) is 0 Å². The summed E-state index contributed by atoms with van der Waals surface area (Å²) in [5.74, 6) is -0.405. The number of hydrogen-bond donors (Lipinski definition) is 1. The maximum Gasteiger partial charge on any atom is 0.399 e. The van der Waals surface area contributed by atoms with Gasteiger partial charge in [0.2, 0.25) is 0 Å². The topological polar surface area (TPSA) is 47.3 Å². The van der Waals surface area contributed by atoms with Crippen LogP contribution in [0.3, 0.4) is 0 Å². The van der Waals surface area contributed by atoms with Gasteiger partial charge in [-0.3, -0.25) is 0 Å². The standard InChI is InChI=1S/C14H16BrFN2O2/c1-14(2,3)17-7-10-8-19-13(18-10)20-12-5-4-9(15)6-11(12)16/h4-6,8,17H,7H2,1-3H3. The Morgan fingerprint density at radius 1 is 1.40 bits per heavy atom. The Morgan fingerprint density at radius 3 is 2.80 bits per heavy atom. The molecule has 0 aliphatic heterocycles. The predicted molar refractivity (Wildman–Crippen MR) is 77.3 cm³/mol. The van der Waals surface area contributed by atoms with Crippen molar-refractivity contribution >= 4 is 15.9 Å². The average Bonchev–Trinajstić information content (AvgIpc) is 2.77. The highest BCUT2D eigenvalue weighted by Crippen LogP contribution is 2.26. The number of ether oxygens (including phenoxy) is 1. The molecule has 20 heavy (non-hydrogen) atoms. The third-order valence-corrected chi connectivity index (χ3v) is 2.91. The van der Waals surface area contributed by atoms with E-state index in [4.69, 9.17) is 9.15 Å². The number of hydrogen-bond acceptors (Lipinski definition) is 4. The van der Waals surface area contributed by atoms with Gasteiger partial charge in [0, 0.05) is 16.6 Å². The summed E-state index contributed by atoms with van der Waals surface area (Å²) in [5, 5.41) is 3.28. The zero-order valence-electron chi connectivity index (χ0n) is 11.5. The Bertz CT molecular complexity index is 593. The monoisotopic (exact) mass is 342 g/mol. The fourth-order valence-electron chi connectivity index (χ4n) is 1.42. The molecule has 0 spiro atoms. The van der Waals surface area contributed by atoms with Crippen molar-refractivity contribution in [2.75, 3.05) is 0 Å². The molecule has 1 aromatic carbocycles. The summed E-state index contributed by atoms with van der Waals surface area (Å²) in [6, 6.07) is 4.51. The molecule has 108 valence electrons. The molecule has 0 aliphatic rings. The molecule has 0 amide bonds. The second-order valence-corrected chi connectivity index (χ2v) is 6.30. The van der Waals surface area contributed by atoms with Crippen LogP contribution in [0.25, 0.3) is 0 Å². The number of benzene rings is 1. The van der Waals surface area contributed by atoms with Crippen molar-refractivity contribution in [3.8, 4) is 11.8 Å². The molecule has 0 aliphatic carbocycles. The van der Waals surface area contributed by atoms with E-state index in [1.807, 2.05) is 0 Å². The van der Waals surface area contributed by atoms with Gasteiger partial charge in [-0.2, -0.15) is 4.98 Å². The molecular formula is C14H16BrFN2O2. The maximum atomic E-state index is 13.6. The molecule has 1 heterocycles. The number of oxazole rings is 1. The molecule has 0 bridgehead atoms. The van der Waals surface area contributed by atoms with Crippen LogP contribution in [-0.2, 0) is 6.54 Å². The molecular weight excluding hydrogens is 327 g/mol. The number of aromatic nitrogens is 1. The summed E-state index contributed by atoms with van der Waals surface area (Å²) in [4.78, 5) is 4.14. The average molecular weight is 343 g/mol. The summed E-state index contributed by atoms with van der Waals surface area (Å²) in [6.07, 6.45) is 1.52. The molecule has 0 saturated heterocycles. The third kappa shape index (κ3) is 4.31. The summed E-state index contributed by atoms with van der Waals surface area (Å²) >= 11 is 3.18. The maximum absolute atomic E-state index is 13.6.